The predicted octanol–water partition coefficient (Wildman–Crippen LogP) is 1.90. The molecule has 1 heterocycles. The molecule has 0 atom stereocenters. The number of amides is 1. The van der Waals surface area contributed by atoms with Crippen molar-refractivity contribution in [2.24, 2.45) is 5.10 Å². The maximum absolute atomic E-state index is 11.8. The van der Waals surface area contributed by atoms with E-state index in [4.69, 9.17) is 11.6 Å². The summed E-state index contributed by atoms with van der Waals surface area (Å²) < 4.78 is 1.20. The van der Waals surface area contributed by atoms with Crippen LogP contribution in [-0.2, 0) is 11.3 Å². The monoisotopic (exact) mass is 321 g/mol. The van der Waals surface area contributed by atoms with Crippen LogP contribution in [0.15, 0.2) is 35.6 Å². The number of carbonyl (C=O) groups excluding carboxylic acids is 1. The van der Waals surface area contributed by atoms with Crippen LogP contribution in [0.4, 0.5) is 5.82 Å². The molecule has 22 heavy (non-hydrogen) atoms. The minimum Gasteiger partial charge on any atom is -0.358 e. The molecule has 0 fully saturated rings. The van der Waals surface area contributed by atoms with E-state index in [1.54, 1.807) is 31.2 Å². The molecule has 1 aromatic heterocycles. The molecule has 0 saturated carbocycles. The Morgan fingerprint density at radius 3 is 2.82 bits per heavy atom. The summed E-state index contributed by atoms with van der Waals surface area (Å²) in [6.45, 7) is 1.34. The Balaban J connectivity index is 1.97. The van der Waals surface area contributed by atoms with Gasteiger partial charge in [0.1, 0.15) is 6.20 Å². The lowest BCUT2D eigenvalue weighted by Crippen LogP contribution is -2.24. The highest BCUT2D eigenvalue weighted by Gasteiger charge is 2.19. The van der Waals surface area contributed by atoms with Crippen LogP contribution in [0.5, 0.6) is 0 Å². The number of nitrogens with zero attached hydrogens (tertiary/aromatic N) is 4. The van der Waals surface area contributed by atoms with Gasteiger partial charge in [-0.05, 0) is 22.6 Å². The predicted molar refractivity (Wildman–Crippen MR) is 80.8 cm³/mol. The Hall–Kier alpha value is -2.74. The first kappa shape index (κ1) is 15.6. The zero-order chi connectivity index (χ0) is 16.1. The smallest absolute Gasteiger partial charge is 0.343 e. The van der Waals surface area contributed by atoms with Crippen molar-refractivity contribution in [1.82, 2.24) is 15.0 Å². The molecule has 0 aliphatic heterocycles. The first-order valence-electron chi connectivity index (χ1n) is 6.21. The Kier molecular flexibility index (Phi) is 4.84. The van der Waals surface area contributed by atoms with Crippen molar-refractivity contribution in [3.05, 3.63) is 57.0 Å². The fraction of sp³-hybridized carbons (Fsp3) is 0.154. The lowest BCUT2D eigenvalue weighted by molar-refractivity contribution is -0.392. The number of aromatic nitrogens is 2. The number of benzene rings is 1. The zero-order valence-electron chi connectivity index (χ0n) is 11.6. The van der Waals surface area contributed by atoms with Gasteiger partial charge in [-0.2, -0.15) is 5.10 Å². The van der Waals surface area contributed by atoms with Gasteiger partial charge in [0.2, 0.25) is 0 Å². The Bertz CT molecular complexity index is 724. The summed E-state index contributed by atoms with van der Waals surface area (Å²) in [6, 6.07) is 6.87. The molecule has 0 unspecified atom stereocenters. The number of hydrogen-bond acceptors (Lipinski definition) is 5. The lowest BCUT2D eigenvalue weighted by atomic mass is 10.2. The zero-order valence-corrected chi connectivity index (χ0v) is 12.3. The molecule has 0 aliphatic rings. The first-order valence-corrected chi connectivity index (χ1v) is 6.59. The molecule has 0 bridgehead atoms. The summed E-state index contributed by atoms with van der Waals surface area (Å²) in [7, 11) is 0. The van der Waals surface area contributed by atoms with Crippen LogP contribution in [0.3, 0.4) is 0 Å². The standard InChI is InChI=1S/C13H12ClN5O3/c1-9-15-7-13(19(21)22)18(9)8-12(20)17-16-6-10-2-4-11(14)5-3-10/h2-7H,8H2,1H3,(H,17,20)/b16-6-. The largest absolute Gasteiger partial charge is 0.358 e. The van der Waals surface area contributed by atoms with E-state index >= 15 is 0 Å². The molecule has 1 aromatic carbocycles. The van der Waals surface area contributed by atoms with Crippen LogP contribution in [0.25, 0.3) is 0 Å². The van der Waals surface area contributed by atoms with Crippen molar-refractivity contribution in [3.8, 4) is 0 Å². The molecule has 0 aliphatic carbocycles. The quantitative estimate of drug-likeness (QED) is 0.516. The van der Waals surface area contributed by atoms with Crippen LogP contribution in [0.1, 0.15) is 11.4 Å². The van der Waals surface area contributed by atoms with E-state index in [0.717, 1.165) is 11.8 Å². The molecular formula is C13H12ClN5O3. The number of hydrogen-bond donors (Lipinski definition) is 1. The molecule has 2 aromatic rings. The minimum atomic E-state index is -0.593. The first-order chi connectivity index (χ1) is 10.5. The third kappa shape index (κ3) is 3.89. The van der Waals surface area contributed by atoms with E-state index in [1.807, 2.05) is 0 Å². The van der Waals surface area contributed by atoms with Crippen molar-refractivity contribution >= 4 is 29.5 Å². The summed E-state index contributed by atoms with van der Waals surface area (Å²) in [5.41, 5.74) is 3.06. The molecule has 9 heteroatoms. The average molecular weight is 322 g/mol. The highest BCUT2D eigenvalue weighted by Crippen LogP contribution is 2.13. The SMILES string of the molecule is Cc1ncc([N+](=O)[O-])n1CC(=O)N/N=C\c1ccc(Cl)cc1. The Labute approximate surface area is 130 Å². The molecule has 0 radical (unpaired) electrons. The summed E-state index contributed by atoms with van der Waals surface area (Å²) in [5.74, 6) is -0.354. The van der Waals surface area contributed by atoms with Gasteiger partial charge in [-0.15, -0.1) is 0 Å². The number of nitro groups is 1. The third-order valence-corrected chi connectivity index (χ3v) is 3.05. The van der Waals surface area contributed by atoms with Gasteiger partial charge in [0.15, 0.2) is 12.4 Å². The molecule has 1 N–H and O–H groups in total. The number of carbonyl (C=O) groups is 1. The van der Waals surface area contributed by atoms with Crippen LogP contribution < -0.4 is 5.43 Å². The van der Waals surface area contributed by atoms with Gasteiger partial charge >= 0.3 is 5.82 Å². The molecule has 114 valence electrons. The van der Waals surface area contributed by atoms with Crippen molar-refractivity contribution < 1.29 is 9.72 Å². The fourth-order valence-electron chi connectivity index (χ4n) is 1.70. The van der Waals surface area contributed by atoms with E-state index in [2.05, 4.69) is 15.5 Å². The maximum Gasteiger partial charge on any atom is 0.343 e. The van der Waals surface area contributed by atoms with E-state index in [0.29, 0.717) is 10.8 Å². The second-order valence-corrected chi connectivity index (χ2v) is 4.79. The number of nitrogens with one attached hydrogen (secondary N) is 1. The molecule has 2 rings (SSSR count). The van der Waals surface area contributed by atoms with Gasteiger partial charge in [-0.1, -0.05) is 23.7 Å². The summed E-state index contributed by atoms with van der Waals surface area (Å²) in [4.78, 5) is 25.8. The lowest BCUT2D eigenvalue weighted by Gasteiger charge is -2.01. The fourth-order valence-corrected chi connectivity index (χ4v) is 1.83. The van der Waals surface area contributed by atoms with Gasteiger partial charge in [-0.25, -0.2) is 15.0 Å². The van der Waals surface area contributed by atoms with E-state index in [-0.39, 0.29) is 12.4 Å². The normalized spacial score (nSPS) is 10.8. The van der Waals surface area contributed by atoms with Crippen LogP contribution in [-0.4, -0.2) is 26.6 Å². The van der Waals surface area contributed by atoms with Crippen molar-refractivity contribution in [2.45, 2.75) is 13.5 Å². The maximum atomic E-state index is 11.8. The van der Waals surface area contributed by atoms with Gasteiger partial charge in [0.05, 0.1) is 6.21 Å². The van der Waals surface area contributed by atoms with E-state index in [9.17, 15) is 14.9 Å². The molecular weight excluding hydrogens is 310 g/mol. The van der Waals surface area contributed by atoms with Crippen LogP contribution >= 0.6 is 11.6 Å². The number of halogens is 1. The molecule has 0 spiro atoms. The number of hydrazone groups is 1. The summed E-state index contributed by atoms with van der Waals surface area (Å²) >= 11 is 5.75. The van der Waals surface area contributed by atoms with Gasteiger partial charge in [-0.3, -0.25) is 4.79 Å². The molecule has 1 amide bonds. The summed E-state index contributed by atoms with van der Waals surface area (Å²) in [6.07, 6.45) is 2.56. The number of rotatable bonds is 5. The number of aryl methyl sites for hydroxylation is 1. The summed E-state index contributed by atoms with van der Waals surface area (Å²) in [5, 5.41) is 15.2. The Morgan fingerprint density at radius 2 is 2.18 bits per heavy atom. The minimum absolute atomic E-state index is 0.236. The topological polar surface area (TPSA) is 102 Å². The van der Waals surface area contributed by atoms with Crippen molar-refractivity contribution in [3.63, 3.8) is 0 Å². The van der Waals surface area contributed by atoms with Crippen molar-refractivity contribution in [1.29, 1.82) is 0 Å². The Morgan fingerprint density at radius 1 is 1.50 bits per heavy atom. The van der Waals surface area contributed by atoms with Crippen LogP contribution in [0, 0.1) is 17.0 Å². The van der Waals surface area contributed by atoms with Gasteiger partial charge in [0.25, 0.3) is 5.91 Å². The highest BCUT2D eigenvalue weighted by molar-refractivity contribution is 6.30. The van der Waals surface area contributed by atoms with Gasteiger partial charge in [0, 0.05) is 11.9 Å². The number of imidazole rings is 1. The molecule has 0 saturated heterocycles. The van der Waals surface area contributed by atoms with E-state index in [1.165, 1.54) is 10.8 Å². The highest BCUT2D eigenvalue weighted by atomic mass is 35.5. The second-order valence-electron chi connectivity index (χ2n) is 4.35. The van der Waals surface area contributed by atoms with Gasteiger partial charge < -0.3 is 10.1 Å². The van der Waals surface area contributed by atoms with E-state index < -0.39 is 10.8 Å². The van der Waals surface area contributed by atoms with Crippen LogP contribution in [0.2, 0.25) is 5.02 Å². The second kappa shape index (κ2) is 6.81. The van der Waals surface area contributed by atoms with Crippen molar-refractivity contribution in [2.75, 3.05) is 0 Å². The third-order valence-electron chi connectivity index (χ3n) is 2.80. The molecule has 8 nitrogen and oxygen atoms in total. The average Bonchev–Trinajstić information content (AvgIpc) is 2.82.